The van der Waals surface area contributed by atoms with Crippen molar-refractivity contribution in [3.05, 3.63) is 70.7 Å². The summed E-state index contributed by atoms with van der Waals surface area (Å²) in [5, 5.41) is 0. The third-order valence-corrected chi connectivity index (χ3v) is 3.83. The van der Waals surface area contributed by atoms with Gasteiger partial charge < -0.3 is 10.3 Å². The first-order chi connectivity index (χ1) is 10.1. The highest BCUT2D eigenvalue weighted by Gasteiger charge is 2.07. The Balaban J connectivity index is 1.92. The number of imidazole rings is 1. The molecule has 2 N–H and O–H groups in total. The van der Waals surface area contributed by atoms with Gasteiger partial charge in [0.05, 0.1) is 4.47 Å². The standard InChI is InChI=1S/C16H13BrFN3/c17-14-9-11(1-6-15(14)18)10-21-8-7-20-16(21)12-2-4-13(19)5-3-12/h1-9H,10,19H2. The van der Waals surface area contributed by atoms with Crippen molar-refractivity contribution in [2.24, 2.45) is 0 Å². The van der Waals surface area contributed by atoms with Crippen LogP contribution in [-0.4, -0.2) is 9.55 Å². The van der Waals surface area contributed by atoms with E-state index in [2.05, 4.69) is 20.9 Å². The van der Waals surface area contributed by atoms with E-state index in [1.165, 1.54) is 6.07 Å². The molecule has 0 saturated carbocycles. The van der Waals surface area contributed by atoms with Crippen LogP contribution in [-0.2, 0) is 6.54 Å². The molecule has 0 aliphatic carbocycles. The minimum atomic E-state index is -0.261. The molecular weight excluding hydrogens is 333 g/mol. The molecule has 0 aliphatic heterocycles. The molecular formula is C16H13BrFN3. The highest BCUT2D eigenvalue weighted by Crippen LogP contribution is 2.22. The van der Waals surface area contributed by atoms with Crippen LogP contribution in [0.2, 0.25) is 0 Å². The lowest BCUT2D eigenvalue weighted by atomic mass is 10.2. The summed E-state index contributed by atoms with van der Waals surface area (Å²) in [6.07, 6.45) is 3.66. The number of anilines is 1. The maximum absolute atomic E-state index is 13.3. The Morgan fingerprint density at radius 2 is 1.90 bits per heavy atom. The topological polar surface area (TPSA) is 43.8 Å². The van der Waals surface area contributed by atoms with Crippen molar-refractivity contribution in [2.45, 2.75) is 6.54 Å². The summed E-state index contributed by atoms with van der Waals surface area (Å²) >= 11 is 3.21. The van der Waals surface area contributed by atoms with Crippen LogP contribution in [0.4, 0.5) is 10.1 Å². The van der Waals surface area contributed by atoms with E-state index in [4.69, 9.17) is 5.73 Å². The second-order valence-corrected chi connectivity index (χ2v) is 5.60. The van der Waals surface area contributed by atoms with E-state index in [1.807, 2.05) is 35.0 Å². The van der Waals surface area contributed by atoms with Gasteiger partial charge in [0.25, 0.3) is 0 Å². The maximum Gasteiger partial charge on any atom is 0.140 e. The van der Waals surface area contributed by atoms with Crippen molar-refractivity contribution in [2.75, 3.05) is 5.73 Å². The quantitative estimate of drug-likeness (QED) is 0.726. The summed E-state index contributed by atoms with van der Waals surface area (Å²) in [6.45, 7) is 0.624. The molecule has 5 heteroatoms. The van der Waals surface area contributed by atoms with Gasteiger partial charge in [0, 0.05) is 30.2 Å². The zero-order chi connectivity index (χ0) is 14.8. The number of hydrogen-bond acceptors (Lipinski definition) is 2. The van der Waals surface area contributed by atoms with E-state index < -0.39 is 0 Å². The van der Waals surface area contributed by atoms with Crippen molar-refractivity contribution >= 4 is 21.6 Å². The predicted octanol–water partition coefficient (Wildman–Crippen LogP) is 4.08. The first-order valence-electron chi connectivity index (χ1n) is 6.44. The second-order valence-electron chi connectivity index (χ2n) is 4.75. The van der Waals surface area contributed by atoms with Gasteiger partial charge in [-0.3, -0.25) is 0 Å². The van der Waals surface area contributed by atoms with Gasteiger partial charge in [-0.2, -0.15) is 0 Å². The number of nitrogen functional groups attached to an aromatic ring is 1. The third kappa shape index (κ3) is 2.97. The average molecular weight is 346 g/mol. The minimum absolute atomic E-state index is 0.261. The number of rotatable bonds is 3. The summed E-state index contributed by atoms with van der Waals surface area (Å²) in [5.74, 6) is 0.596. The fourth-order valence-corrected chi connectivity index (χ4v) is 2.59. The molecule has 3 nitrogen and oxygen atoms in total. The van der Waals surface area contributed by atoms with E-state index in [9.17, 15) is 4.39 Å². The molecule has 3 rings (SSSR count). The molecule has 1 heterocycles. The zero-order valence-electron chi connectivity index (χ0n) is 11.1. The summed E-state index contributed by atoms with van der Waals surface area (Å²) in [4.78, 5) is 4.39. The monoisotopic (exact) mass is 345 g/mol. The normalized spacial score (nSPS) is 10.8. The van der Waals surface area contributed by atoms with Gasteiger partial charge in [-0.25, -0.2) is 9.37 Å². The molecule has 0 unspecified atom stereocenters. The lowest BCUT2D eigenvalue weighted by molar-refractivity contribution is 0.619. The fraction of sp³-hybridized carbons (Fsp3) is 0.0625. The molecule has 0 spiro atoms. The lowest BCUT2D eigenvalue weighted by Gasteiger charge is -2.09. The zero-order valence-corrected chi connectivity index (χ0v) is 12.7. The smallest absolute Gasteiger partial charge is 0.140 e. The Morgan fingerprint density at radius 3 is 2.62 bits per heavy atom. The molecule has 0 fully saturated rings. The third-order valence-electron chi connectivity index (χ3n) is 3.22. The Kier molecular flexibility index (Phi) is 3.75. The average Bonchev–Trinajstić information content (AvgIpc) is 2.92. The fourth-order valence-electron chi connectivity index (χ4n) is 2.16. The molecule has 0 aliphatic rings. The SMILES string of the molecule is Nc1ccc(-c2nccn2Cc2ccc(F)c(Br)c2)cc1. The Hall–Kier alpha value is -2.14. The number of nitrogens with two attached hydrogens (primary N) is 1. The second kappa shape index (κ2) is 5.69. The van der Waals surface area contributed by atoms with Crippen molar-refractivity contribution in [3.63, 3.8) is 0 Å². The summed E-state index contributed by atoms with van der Waals surface area (Å²) in [6, 6.07) is 12.6. The highest BCUT2D eigenvalue weighted by atomic mass is 79.9. The summed E-state index contributed by atoms with van der Waals surface area (Å²) in [5.41, 5.74) is 8.42. The van der Waals surface area contributed by atoms with Crippen molar-refractivity contribution in [3.8, 4) is 11.4 Å². The van der Waals surface area contributed by atoms with Crippen molar-refractivity contribution < 1.29 is 4.39 Å². The van der Waals surface area contributed by atoms with Crippen LogP contribution in [0.5, 0.6) is 0 Å². The van der Waals surface area contributed by atoms with Gasteiger partial charge in [0.2, 0.25) is 0 Å². The minimum Gasteiger partial charge on any atom is -0.399 e. The van der Waals surface area contributed by atoms with Crippen LogP contribution in [0, 0.1) is 5.82 Å². The highest BCUT2D eigenvalue weighted by molar-refractivity contribution is 9.10. The van der Waals surface area contributed by atoms with Crippen LogP contribution >= 0.6 is 15.9 Å². The van der Waals surface area contributed by atoms with Gasteiger partial charge in [0.1, 0.15) is 11.6 Å². The van der Waals surface area contributed by atoms with Gasteiger partial charge in [-0.15, -0.1) is 0 Å². The number of aromatic nitrogens is 2. The van der Waals surface area contributed by atoms with Gasteiger partial charge >= 0.3 is 0 Å². The van der Waals surface area contributed by atoms with E-state index in [-0.39, 0.29) is 5.82 Å². The number of benzene rings is 2. The van der Waals surface area contributed by atoms with Crippen molar-refractivity contribution in [1.29, 1.82) is 0 Å². The number of halogens is 2. The molecule has 2 aromatic carbocycles. The van der Waals surface area contributed by atoms with Crippen molar-refractivity contribution in [1.82, 2.24) is 9.55 Å². The molecule has 1 aromatic heterocycles. The Labute approximate surface area is 130 Å². The molecule has 0 amide bonds. The number of nitrogens with zero attached hydrogens (tertiary/aromatic N) is 2. The van der Waals surface area contributed by atoms with Crippen LogP contribution in [0.15, 0.2) is 59.3 Å². The Morgan fingerprint density at radius 1 is 1.14 bits per heavy atom. The predicted molar refractivity (Wildman–Crippen MR) is 85.3 cm³/mol. The summed E-state index contributed by atoms with van der Waals surface area (Å²) in [7, 11) is 0. The van der Waals surface area contributed by atoms with E-state index in [0.717, 1.165) is 22.6 Å². The van der Waals surface area contributed by atoms with Gasteiger partial charge in [0.15, 0.2) is 0 Å². The molecule has 3 aromatic rings. The van der Waals surface area contributed by atoms with Crippen LogP contribution in [0.1, 0.15) is 5.56 Å². The number of hydrogen-bond donors (Lipinski definition) is 1. The maximum atomic E-state index is 13.3. The van der Waals surface area contributed by atoms with E-state index in [1.54, 1.807) is 18.3 Å². The lowest BCUT2D eigenvalue weighted by Crippen LogP contribution is -2.01. The molecule has 0 radical (unpaired) electrons. The first-order valence-corrected chi connectivity index (χ1v) is 7.24. The first kappa shape index (κ1) is 13.8. The molecule has 0 saturated heterocycles. The van der Waals surface area contributed by atoms with Crippen LogP contribution in [0.3, 0.4) is 0 Å². The molecule has 106 valence electrons. The van der Waals surface area contributed by atoms with Gasteiger partial charge in [-0.1, -0.05) is 6.07 Å². The summed E-state index contributed by atoms with van der Waals surface area (Å²) < 4.78 is 15.8. The molecule has 0 atom stereocenters. The molecule has 21 heavy (non-hydrogen) atoms. The van der Waals surface area contributed by atoms with Crippen LogP contribution in [0.25, 0.3) is 11.4 Å². The Bertz CT molecular complexity index is 765. The van der Waals surface area contributed by atoms with E-state index >= 15 is 0 Å². The van der Waals surface area contributed by atoms with Crippen LogP contribution < -0.4 is 5.73 Å². The van der Waals surface area contributed by atoms with Gasteiger partial charge in [-0.05, 0) is 57.9 Å². The van der Waals surface area contributed by atoms with E-state index in [0.29, 0.717) is 11.0 Å². The largest absolute Gasteiger partial charge is 0.399 e. The molecule has 0 bridgehead atoms.